The van der Waals surface area contributed by atoms with Crippen molar-refractivity contribution in [2.45, 2.75) is 20.5 Å². The molecule has 1 aromatic carbocycles. The van der Waals surface area contributed by atoms with Crippen molar-refractivity contribution in [2.24, 2.45) is 0 Å². The van der Waals surface area contributed by atoms with Gasteiger partial charge in [-0.05, 0) is 32.0 Å². The molecule has 0 aliphatic carbocycles. The normalized spacial score (nSPS) is 10.0. The molecule has 0 aromatic heterocycles. The number of hydrogen-bond donors (Lipinski definition) is 0. The molecule has 0 aliphatic rings. The fraction of sp³-hybridized carbons (Fsp3) is 0.357. The van der Waals surface area contributed by atoms with Crippen molar-refractivity contribution in [3.8, 4) is 5.75 Å². The van der Waals surface area contributed by atoms with Gasteiger partial charge in [0.25, 0.3) is 0 Å². The lowest BCUT2D eigenvalue weighted by atomic mass is 10.1. The van der Waals surface area contributed by atoms with Crippen LogP contribution in [0.2, 0.25) is 0 Å². The molecular formula is C14H18O3. The van der Waals surface area contributed by atoms with Crippen LogP contribution in [0.15, 0.2) is 30.9 Å². The fourth-order valence-electron chi connectivity index (χ4n) is 1.46. The summed E-state index contributed by atoms with van der Waals surface area (Å²) in [7, 11) is 0. The summed E-state index contributed by atoms with van der Waals surface area (Å²) in [4.78, 5) is 11.3. The maximum Gasteiger partial charge on any atom is 0.159 e. The summed E-state index contributed by atoms with van der Waals surface area (Å²) < 4.78 is 10.9. The fourth-order valence-corrected chi connectivity index (χ4v) is 1.46. The molecule has 3 heteroatoms. The summed E-state index contributed by atoms with van der Waals surface area (Å²) in [6.07, 6.45) is 1.69. The van der Waals surface area contributed by atoms with Crippen molar-refractivity contribution in [2.75, 3.05) is 13.2 Å². The Bertz CT molecular complexity index is 396. The number of carbonyl (C=O) groups excluding carboxylic acids is 1. The third-order valence-corrected chi connectivity index (χ3v) is 2.26. The van der Waals surface area contributed by atoms with E-state index in [0.717, 1.165) is 11.3 Å². The number of carbonyl (C=O) groups is 1. The van der Waals surface area contributed by atoms with Gasteiger partial charge in [0.1, 0.15) is 5.75 Å². The molecule has 0 atom stereocenters. The van der Waals surface area contributed by atoms with Crippen molar-refractivity contribution >= 4 is 5.78 Å². The van der Waals surface area contributed by atoms with E-state index in [1.54, 1.807) is 19.1 Å². The Kier molecular flexibility index (Phi) is 5.43. The van der Waals surface area contributed by atoms with E-state index in [9.17, 15) is 4.79 Å². The van der Waals surface area contributed by atoms with E-state index in [-0.39, 0.29) is 5.78 Å². The SMILES string of the molecule is C=CCOCc1cc(C(C)=O)ccc1OCC. The predicted molar refractivity (Wildman–Crippen MR) is 67.5 cm³/mol. The highest BCUT2D eigenvalue weighted by Gasteiger charge is 2.07. The topological polar surface area (TPSA) is 35.5 Å². The third-order valence-electron chi connectivity index (χ3n) is 2.26. The minimum atomic E-state index is 0.0398. The molecule has 0 aliphatic heterocycles. The van der Waals surface area contributed by atoms with Crippen LogP contribution in [0.3, 0.4) is 0 Å². The lowest BCUT2D eigenvalue weighted by molar-refractivity contribution is 0.101. The van der Waals surface area contributed by atoms with E-state index in [1.807, 2.05) is 19.1 Å². The smallest absolute Gasteiger partial charge is 0.159 e. The molecule has 1 rings (SSSR count). The van der Waals surface area contributed by atoms with Gasteiger partial charge in [0.2, 0.25) is 0 Å². The Hall–Kier alpha value is -1.61. The Morgan fingerprint density at radius 3 is 2.82 bits per heavy atom. The van der Waals surface area contributed by atoms with Crippen molar-refractivity contribution in [1.82, 2.24) is 0 Å². The number of ketones is 1. The zero-order valence-corrected chi connectivity index (χ0v) is 10.4. The lowest BCUT2D eigenvalue weighted by Crippen LogP contribution is -2.02. The Balaban J connectivity index is 2.89. The van der Waals surface area contributed by atoms with Crippen LogP contribution in [-0.4, -0.2) is 19.0 Å². The Labute approximate surface area is 102 Å². The minimum absolute atomic E-state index is 0.0398. The molecule has 0 saturated heterocycles. The van der Waals surface area contributed by atoms with Gasteiger partial charge in [-0.2, -0.15) is 0 Å². The second-order valence-corrected chi connectivity index (χ2v) is 3.62. The van der Waals surface area contributed by atoms with Crippen molar-refractivity contribution in [3.63, 3.8) is 0 Å². The summed E-state index contributed by atoms with van der Waals surface area (Å²) in [5, 5.41) is 0. The monoisotopic (exact) mass is 234 g/mol. The molecule has 0 saturated carbocycles. The Morgan fingerprint density at radius 1 is 1.47 bits per heavy atom. The van der Waals surface area contributed by atoms with E-state index >= 15 is 0 Å². The number of Topliss-reactive ketones (excluding diaryl/α,β-unsaturated/α-hetero) is 1. The van der Waals surface area contributed by atoms with Gasteiger partial charge in [-0.15, -0.1) is 6.58 Å². The van der Waals surface area contributed by atoms with Crippen LogP contribution < -0.4 is 4.74 Å². The average molecular weight is 234 g/mol. The molecule has 0 N–H and O–H groups in total. The van der Waals surface area contributed by atoms with Crippen LogP contribution in [-0.2, 0) is 11.3 Å². The summed E-state index contributed by atoms with van der Waals surface area (Å²) in [6, 6.07) is 5.40. The molecule has 92 valence electrons. The molecule has 17 heavy (non-hydrogen) atoms. The van der Waals surface area contributed by atoms with Gasteiger partial charge in [-0.1, -0.05) is 6.08 Å². The first-order chi connectivity index (χ1) is 8.19. The highest BCUT2D eigenvalue weighted by molar-refractivity contribution is 5.94. The Morgan fingerprint density at radius 2 is 2.24 bits per heavy atom. The largest absolute Gasteiger partial charge is 0.494 e. The van der Waals surface area contributed by atoms with Gasteiger partial charge in [0.15, 0.2) is 5.78 Å². The van der Waals surface area contributed by atoms with E-state index in [4.69, 9.17) is 9.47 Å². The molecular weight excluding hydrogens is 216 g/mol. The van der Waals surface area contributed by atoms with Crippen LogP contribution in [0, 0.1) is 0 Å². The molecule has 0 amide bonds. The number of ether oxygens (including phenoxy) is 2. The molecule has 0 unspecified atom stereocenters. The standard InChI is InChI=1S/C14H18O3/c1-4-8-16-10-13-9-12(11(3)15)6-7-14(13)17-5-2/h4,6-7,9H,1,5,8,10H2,2-3H3. The van der Waals surface area contributed by atoms with Crippen LogP contribution >= 0.6 is 0 Å². The first-order valence-corrected chi connectivity index (χ1v) is 5.64. The second kappa shape index (κ2) is 6.86. The minimum Gasteiger partial charge on any atom is -0.494 e. The highest BCUT2D eigenvalue weighted by Crippen LogP contribution is 2.21. The zero-order chi connectivity index (χ0) is 12.7. The second-order valence-electron chi connectivity index (χ2n) is 3.62. The van der Waals surface area contributed by atoms with E-state index in [2.05, 4.69) is 6.58 Å². The quantitative estimate of drug-likeness (QED) is 0.413. The molecule has 1 aromatic rings. The molecule has 0 bridgehead atoms. The van der Waals surface area contributed by atoms with Gasteiger partial charge in [-0.3, -0.25) is 4.79 Å². The van der Waals surface area contributed by atoms with Gasteiger partial charge >= 0.3 is 0 Å². The molecule has 0 spiro atoms. The average Bonchev–Trinajstić information content (AvgIpc) is 2.31. The van der Waals surface area contributed by atoms with Gasteiger partial charge in [-0.25, -0.2) is 0 Å². The van der Waals surface area contributed by atoms with Crippen LogP contribution in [0.1, 0.15) is 29.8 Å². The van der Waals surface area contributed by atoms with Crippen LogP contribution in [0.4, 0.5) is 0 Å². The van der Waals surface area contributed by atoms with Gasteiger partial charge < -0.3 is 9.47 Å². The molecule has 0 fully saturated rings. The van der Waals surface area contributed by atoms with Crippen molar-refractivity contribution < 1.29 is 14.3 Å². The van der Waals surface area contributed by atoms with Crippen LogP contribution in [0.25, 0.3) is 0 Å². The molecule has 3 nitrogen and oxygen atoms in total. The maximum atomic E-state index is 11.3. The van der Waals surface area contributed by atoms with E-state index in [0.29, 0.717) is 25.4 Å². The summed E-state index contributed by atoms with van der Waals surface area (Å²) in [5.41, 5.74) is 1.56. The van der Waals surface area contributed by atoms with Crippen molar-refractivity contribution in [3.05, 3.63) is 42.0 Å². The predicted octanol–water partition coefficient (Wildman–Crippen LogP) is 2.99. The summed E-state index contributed by atoms with van der Waals surface area (Å²) >= 11 is 0. The molecule has 0 radical (unpaired) electrons. The van der Waals surface area contributed by atoms with E-state index in [1.165, 1.54) is 0 Å². The summed E-state index contributed by atoms with van der Waals surface area (Å²) in [6.45, 7) is 8.55. The number of hydrogen-bond acceptors (Lipinski definition) is 3. The van der Waals surface area contributed by atoms with Crippen molar-refractivity contribution in [1.29, 1.82) is 0 Å². The highest BCUT2D eigenvalue weighted by atomic mass is 16.5. The number of rotatable bonds is 7. The summed E-state index contributed by atoms with van der Waals surface area (Å²) in [5.74, 6) is 0.805. The maximum absolute atomic E-state index is 11.3. The first-order valence-electron chi connectivity index (χ1n) is 5.64. The molecule has 0 heterocycles. The van der Waals surface area contributed by atoms with Gasteiger partial charge in [0, 0.05) is 11.1 Å². The van der Waals surface area contributed by atoms with E-state index < -0.39 is 0 Å². The number of benzene rings is 1. The zero-order valence-electron chi connectivity index (χ0n) is 10.4. The van der Waals surface area contributed by atoms with Gasteiger partial charge in [0.05, 0.1) is 19.8 Å². The van der Waals surface area contributed by atoms with Crippen LogP contribution in [0.5, 0.6) is 5.75 Å². The lowest BCUT2D eigenvalue weighted by Gasteiger charge is -2.11. The third kappa shape index (κ3) is 4.04. The first kappa shape index (κ1) is 13.5.